The summed E-state index contributed by atoms with van der Waals surface area (Å²) in [5.41, 5.74) is 0. The van der Waals surface area contributed by atoms with Gasteiger partial charge in [0.2, 0.25) is 5.91 Å². The number of amides is 1. The first-order valence-corrected chi connectivity index (χ1v) is 6.51. The van der Waals surface area contributed by atoms with Crippen LogP contribution in [0.1, 0.15) is 25.5 Å². The van der Waals surface area contributed by atoms with E-state index in [-0.39, 0.29) is 11.9 Å². The highest BCUT2D eigenvalue weighted by Gasteiger charge is 2.21. The van der Waals surface area contributed by atoms with Crippen molar-refractivity contribution < 1.29 is 14.1 Å². The predicted octanol–water partition coefficient (Wildman–Crippen LogP) is 1.67. The fraction of sp³-hybridized carbons (Fsp3) is 0.692. The summed E-state index contributed by atoms with van der Waals surface area (Å²) in [5, 5.41) is 6.53. The van der Waals surface area contributed by atoms with Gasteiger partial charge in [-0.05, 0) is 26.8 Å². The SMILES string of the molecule is CCC(C(=O)Nc1cc(C)on1)N(C)CCCOC. The van der Waals surface area contributed by atoms with E-state index in [4.69, 9.17) is 9.26 Å². The number of anilines is 1. The largest absolute Gasteiger partial charge is 0.385 e. The van der Waals surface area contributed by atoms with Crippen LogP contribution in [-0.2, 0) is 9.53 Å². The molecule has 1 unspecified atom stereocenters. The molecule has 0 spiro atoms. The van der Waals surface area contributed by atoms with Crippen molar-refractivity contribution in [1.29, 1.82) is 0 Å². The second-order valence-corrected chi connectivity index (χ2v) is 4.56. The van der Waals surface area contributed by atoms with Gasteiger partial charge < -0.3 is 14.6 Å². The number of aromatic nitrogens is 1. The Bertz CT molecular complexity index is 392. The number of methoxy groups -OCH3 is 1. The van der Waals surface area contributed by atoms with Gasteiger partial charge in [0.05, 0.1) is 6.04 Å². The van der Waals surface area contributed by atoms with Gasteiger partial charge in [-0.1, -0.05) is 12.1 Å². The first-order chi connectivity index (χ1) is 9.08. The fourth-order valence-corrected chi connectivity index (χ4v) is 1.95. The van der Waals surface area contributed by atoms with Crippen molar-refractivity contribution in [2.45, 2.75) is 32.7 Å². The fourth-order valence-electron chi connectivity index (χ4n) is 1.95. The molecule has 1 aromatic heterocycles. The number of nitrogens with zero attached hydrogens (tertiary/aromatic N) is 2. The maximum Gasteiger partial charge on any atom is 0.242 e. The van der Waals surface area contributed by atoms with Crippen LogP contribution in [0.4, 0.5) is 5.82 Å². The van der Waals surface area contributed by atoms with Crippen molar-refractivity contribution in [3.05, 3.63) is 11.8 Å². The molecule has 0 aliphatic heterocycles. The second-order valence-electron chi connectivity index (χ2n) is 4.56. The number of ether oxygens (including phenoxy) is 1. The summed E-state index contributed by atoms with van der Waals surface area (Å²) in [4.78, 5) is 14.2. The molecule has 1 rings (SSSR count). The number of hydrogen-bond donors (Lipinski definition) is 1. The average molecular weight is 269 g/mol. The third kappa shape index (κ3) is 5.00. The Balaban J connectivity index is 2.50. The molecule has 6 nitrogen and oxygen atoms in total. The number of rotatable bonds is 8. The molecule has 108 valence electrons. The average Bonchev–Trinajstić information content (AvgIpc) is 2.76. The van der Waals surface area contributed by atoms with Gasteiger partial charge in [0.15, 0.2) is 5.82 Å². The van der Waals surface area contributed by atoms with Gasteiger partial charge >= 0.3 is 0 Å². The van der Waals surface area contributed by atoms with Crippen LogP contribution in [0, 0.1) is 6.92 Å². The van der Waals surface area contributed by atoms with E-state index in [1.165, 1.54) is 0 Å². The highest BCUT2D eigenvalue weighted by atomic mass is 16.5. The number of carbonyl (C=O) groups is 1. The van der Waals surface area contributed by atoms with Crippen LogP contribution >= 0.6 is 0 Å². The molecule has 6 heteroatoms. The van der Waals surface area contributed by atoms with Crippen LogP contribution in [0.5, 0.6) is 0 Å². The van der Waals surface area contributed by atoms with Crippen molar-refractivity contribution >= 4 is 11.7 Å². The molecule has 19 heavy (non-hydrogen) atoms. The number of hydrogen-bond acceptors (Lipinski definition) is 5. The van der Waals surface area contributed by atoms with Gasteiger partial charge in [0.1, 0.15) is 5.76 Å². The molecular formula is C13H23N3O3. The molecule has 1 N–H and O–H groups in total. The minimum atomic E-state index is -0.172. The van der Waals surface area contributed by atoms with Crippen LogP contribution in [-0.4, -0.2) is 49.3 Å². The molecule has 1 heterocycles. The summed E-state index contributed by atoms with van der Waals surface area (Å²) >= 11 is 0. The monoisotopic (exact) mass is 269 g/mol. The van der Waals surface area contributed by atoms with Crippen LogP contribution in [0.15, 0.2) is 10.6 Å². The van der Waals surface area contributed by atoms with Crippen molar-refractivity contribution in [1.82, 2.24) is 10.1 Å². The first kappa shape index (κ1) is 15.7. The van der Waals surface area contributed by atoms with E-state index in [0.29, 0.717) is 18.2 Å². The maximum absolute atomic E-state index is 12.2. The first-order valence-electron chi connectivity index (χ1n) is 6.51. The van der Waals surface area contributed by atoms with Gasteiger partial charge in [-0.15, -0.1) is 0 Å². The summed E-state index contributed by atoms with van der Waals surface area (Å²) in [6, 6.07) is 1.53. The minimum absolute atomic E-state index is 0.0595. The Morgan fingerprint density at radius 2 is 2.37 bits per heavy atom. The van der Waals surface area contributed by atoms with E-state index in [1.54, 1.807) is 20.1 Å². The summed E-state index contributed by atoms with van der Waals surface area (Å²) in [6.07, 6.45) is 1.64. The molecule has 1 aromatic rings. The van der Waals surface area contributed by atoms with E-state index < -0.39 is 0 Å². The lowest BCUT2D eigenvalue weighted by molar-refractivity contribution is -0.121. The lowest BCUT2D eigenvalue weighted by atomic mass is 10.1. The minimum Gasteiger partial charge on any atom is -0.385 e. The third-order valence-electron chi connectivity index (χ3n) is 2.96. The molecule has 1 atom stereocenters. The predicted molar refractivity (Wildman–Crippen MR) is 73.1 cm³/mol. The highest BCUT2D eigenvalue weighted by molar-refractivity contribution is 5.93. The number of aryl methyl sites for hydroxylation is 1. The number of nitrogens with one attached hydrogen (secondary N) is 1. The molecule has 0 saturated heterocycles. The Morgan fingerprint density at radius 3 is 2.89 bits per heavy atom. The third-order valence-corrected chi connectivity index (χ3v) is 2.96. The Hall–Kier alpha value is -1.40. The zero-order chi connectivity index (χ0) is 14.3. The van der Waals surface area contributed by atoms with E-state index in [0.717, 1.165) is 19.4 Å². The summed E-state index contributed by atoms with van der Waals surface area (Å²) in [6.45, 7) is 5.30. The van der Waals surface area contributed by atoms with Gasteiger partial charge in [-0.25, -0.2) is 0 Å². The molecular weight excluding hydrogens is 246 g/mol. The van der Waals surface area contributed by atoms with Gasteiger partial charge in [0.25, 0.3) is 0 Å². The molecule has 1 amide bonds. The standard InChI is InChI=1S/C13H23N3O3/c1-5-11(16(3)7-6-8-18-4)13(17)14-12-9-10(2)19-15-12/h9,11H,5-8H2,1-4H3,(H,14,15,17). The molecule has 0 aliphatic rings. The van der Waals surface area contributed by atoms with Crippen LogP contribution in [0.25, 0.3) is 0 Å². The van der Waals surface area contributed by atoms with Gasteiger partial charge in [-0.3, -0.25) is 9.69 Å². The van der Waals surface area contributed by atoms with Gasteiger partial charge in [0, 0.05) is 26.3 Å². The molecule has 0 bridgehead atoms. The summed E-state index contributed by atoms with van der Waals surface area (Å²) in [5.74, 6) is 1.08. The molecule has 0 aliphatic carbocycles. The van der Waals surface area contributed by atoms with E-state index in [1.807, 2.05) is 18.9 Å². The van der Waals surface area contributed by atoms with Crippen LogP contribution < -0.4 is 5.32 Å². The summed E-state index contributed by atoms with van der Waals surface area (Å²) in [7, 11) is 3.62. The normalized spacial score (nSPS) is 12.7. The second kappa shape index (κ2) is 7.91. The van der Waals surface area contributed by atoms with Crippen molar-refractivity contribution in [3.8, 4) is 0 Å². The zero-order valence-corrected chi connectivity index (χ0v) is 12.1. The zero-order valence-electron chi connectivity index (χ0n) is 12.1. The maximum atomic E-state index is 12.2. The Morgan fingerprint density at radius 1 is 1.63 bits per heavy atom. The lowest BCUT2D eigenvalue weighted by Gasteiger charge is -2.25. The van der Waals surface area contributed by atoms with Gasteiger partial charge in [-0.2, -0.15) is 0 Å². The smallest absolute Gasteiger partial charge is 0.242 e. The molecule has 0 fully saturated rings. The molecule has 0 saturated carbocycles. The topological polar surface area (TPSA) is 67.6 Å². The number of carbonyl (C=O) groups excluding carboxylic acids is 1. The quantitative estimate of drug-likeness (QED) is 0.727. The summed E-state index contributed by atoms with van der Waals surface area (Å²) < 4.78 is 9.94. The van der Waals surface area contributed by atoms with Crippen LogP contribution in [0.3, 0.4) is 0 Å². The Labute approximate surface area is 114 Å². The van der Waals surface area contributed by atoms with Crippen molar-refractivity contribution in [2.75, 3.05) is 32.6 Å². The van der Waals surface area contributed by atoms with Crippen molar-refractivity contribution in [3.63, 3.8) is 0 Å². The number of likely N-dealkylation sites (N-methyl/N-ethyl adjacent to an activating group) is 1. The van der Waals surface area contributed by atoms with E-state index in [9.17, 15) is 4.79 Å². The van der Waals surface area contributed by atoms with Crippen molar-refractivity contribution in [2.24, 2.45) is 0 Å². The van der Waals surface area contributed by atoms with E-state index >= 15 is 0 Å². The molecule has 0 radical (unpaired) electrons. The van der Waals surface area contributed by atoms with Crippen LogP contribution in [0.2, 0.25) is 0 Å². The Kier molecular flexibility index (Phi) is 6.52. The lowest BCUT2D eigenvalue weighted by Crippen LogP contribution is -2.42. The molecule has 0 aromatic carbocycles. The highest BCUT2D eigenvalue weighted by Crippen LogP contribution is 2.10. The van der Waals surface area contributed by atoms with E-state index in [2.05, 4.69) is 10.5 Å².